The van der Waals surface area contributed by atoms with Gasteiger partial charge in [-0.3, -0.25) is 4.79 Å². The largest absolute Gasteiger partial charge is 0.481 e. The zero-order valence-electron chi connectivity index (χ0n) is 8.92. The van der Waals surface area contributed by atoms with Crippen LogP contribution in [0, 0.1) is 11.8 Å². The molecule has 1 aliphatic rings. The summed E-state index contributed by atoms with van der Waals surface area (Å²) < 4.78 is 14.2. The maximum Gasteiger partial charge on any atom is 0.309 e. The van der Waals surface area contributed by atoms with E-state index in [4.69, 9.17) is 5.11 Å². The van der Waals surface area contributed by atoms with Crippen molar-refractivity contribution in [1.29, 1.82) is 0 Å². The number of aliphatic carboxylic acids is 1. The molecule has 0 bridgehead atoms. The summed E-state index contributed by atoms with van der Waals surface area (Å²) in [5.74, 6) is -1.99. The maximum atomic E-state index is 14.2. The second kappa shape index (κ2) is 4.28. The van der Waals surface area contributed by atoms with Gasteiger partial charge in [0, 0.05) is 0 Å². The number of alkyl halides is 1. The molecule has 14 heavy (non-hydrogen) atoms. The van der Waals surface area contributed by atoms with Gasteiger partial charge in [-0.2, -0.15) is 0 Å². The van der Waals surface area contributed by atoms with Gasteiger partial charge in [0.1, 0.15) is 5.67 Å². The van der Waals surface area contributed by atoms with Crippen molar-refractivity contribution in [2.45, 2.75) is 51.6 Å². The zero-order chi connectivity index (χ0) is 10.8. The van der Waals surface area contributed by atoms with Crippen LogP contribution >= 0.6 is 0 Å². The molecule has 1 N–H and O–H groups in total. The van der Waals surface area contributed by atoms with E-state index in [9.17, 15) is 9.18 Å². The van der Waals surface area contributed by atoms with Crippen molar-refractivity contribution in [3.8, 4) is 0 Å². The minimum Gasteiger partial charge on any atom is -0.481 e. The fourth-order valence-electron chi connectivity index (χ4n) is 2.26. The summed E-state index contributed by atoms with van der Waals surface area (Å²) in [5, 5.41) is 8.81. The van der Waals surface area contributed by atoms with Gasteiger partial charge in [0.15, 0.2) is 0 Å². The highest BCUT2D eigenvalue weighted by molar-refractivity contribution is 5.71. The van der Waals surface area contributed by atoms with Crippen LogP contribution in [0.25, 0.3) is 0 Å². The first kappa shape index (κ1) is 11.5. The molecule has 1 aliphatic carbocycles. The van der Waals surface area contributed by atoms with Crippen LogP contribution in [0.1, 0.15) is 46.0 Å². The highest BCUT2D eigenvalue weighted by atomic mass is 19.1. The number of hydrogen-bond donors (Lipinski definition) is 1. The van der Waals surface area contributed by atoms with Crippen LogP contribution in [0.3, 0.4) is 0 Å². The van der Waals surface area contributed by atoms with E-state index < -0.39 is 17.6 Å². The lowest BCUT2D eigenvalue weighted by Gasteiger charge is -2.35. The fraction of sp³-hybridized carbons (Fsp3) is 0.909. The van der Waals surface area contributed by atoms with Gasteiger partial charge in [-0.1, -0.05) is 19.3 Å². The molecule has 1 fully saturated rings. The van der Waals surface area contributed by atoms with Crippen molar-refractivity contribution in [2.75, 3.05) is 0 Å². The van der Waals surface area contributed by atoms with Crippen molar-refractivity contribution in [3.63, 3.8) is 0 Å². The highest BCUT2D eigenvalue weighted by Gasteiger charge is 2.43. The van der Waals surface area contributed by atoms with E-state index in [0.29, 0.717) is 0 Å². The monoisotopic (exact) mass is 202 g/mol. The molecule has 1 rings (SSSR count). The summed E-state index contributed by atoms with van der Waals surface area (Å²) in [4.78, 5) is 10.7. The van der Waals surface area contributed by atoms with Gasteiger partial charge in [-0.15, -0.1) is 0 Å². The Labute approximate surface area is 84.5 Å². The molecular weight excluding hydrogens is 183 g/mol. The van der Waals surface area contributed by atoms with Crippen LogP contribution < -0.4 is 0 Å². The Morgan fingerprint density at radius 3 is 2.36 bits per heavy atom. The van der Waals surface area contributed by atoms with Gasteiger partial charge in [-0.05, 0) is 32.6 Å². The lowest BCUT2D eigenvalue weighted by molar-refractivity contribution is -0.148. The Morgan fingerprint density at radius 1 is 1.43 bits per heavy atom. The molecular formula is C11H19FO2. The first-order valence-corrected chi connectivity index (χ1v) is 5.38. The standard InChI is InChI=1S/C11H19FO2/c1-8(10(13)14)11(2,12)9-6-4-3-5-7-9/h8-9H,3-7H2,1-2H3,(H,13,14). The predicted molar refractivity (Wildman–Crippen MR) is 52.9 cm³/mol. The van der Waals surface area contributed by atoms with E-state index in [0.717, 1.165) is 32.1 Å². The highest BCUT2D eigenvalue weighted by Crippen LogP contribution is 2.39. The van der Waals surface area contributed by atoms with Crippen LogP contribution in [0.15, 0.2) is 0 Å². The molecule has 1 saturated carbocycles. The average Bonchev–Trinajstić information content (AvgIpc) is 2.18. The van der Waals surface area contributed by atoms with Crippen LogP contribution in [-0.2, 0) is 4.79 Å². The molecule has 0 aromatic heterocycles. The van der Waals surface area contributed by atoms with E-state index in [-0.39, 0.29) is 5.92 Å². The van der Waals surface area contributed by atoms with E-state index >= 15 is 0 Å². The number of carboxylic acids is 1. The minimum atomic E-state index is -1.55. The Bertz CT molecular complexity index is 207. The molecule has 0 aromatic carbocycles. The van der Waals surface area contributed by atoms with E-state index in [1.165, 1.54) is 13.8 Å². The number of carbonyl (C=O) groups is 1. The zero-order valence-corrected chi connectivity index (χ0v) is 8.92. The third kappa shape index (κ3) is 2.25. The summed E-state index contributed by atoms with van der Waals surface area (Å²) in [6, 6.07) is 0. The molecule has 0 heterocycles. The SMILES string of the molecule is CC(C(=O)O)C(C)(F)C1CCCCC1. The summed E-state index contributed by atoms with van der Waals surface area (Å²) >= 11 is 0. The fourth-order valence-corrected chi connectivity index (χ4v) is 2.26. The first-order valence-electron chi connectivity index (χ1n) is 5.38. The van der Waals surface area contributed by atoms with Crippen LogP contribution in [-0.4, -0.2) is 16.7 Å². The second-order valence-electron chi connectivity index (χ2n) is 4.55. The second-order valence-corrected chi connectivity index (χ2v) is 4.55. The summed E-state index contributed by atoms with van der Waals surface area (Å²) in [6.07, 6.45) is 4.91. The molecule has 82 valence electrons. The maximum absolute atomic E-state index is 14.2. The van der Waals surface area contributed by atoms with Crippen molar-refractivity contribution in [3.05, 3.63) is 0 Å². The first-order chi connectivity index (χ1) is 6.46. The Hall–Kier alpha value is -0.600. The third-order valence-corrected chi connectivity index (χ3v) is 3.62. The lowest BCUT2D eigenvalue weighted by atomic mass is 9.73. The number of rotatable bonds is 3. The predicted octanol–water partition coefficient (Wildman–Crippen LogP) is 3.02. The van der Waals surface area contributed by atoms with E-state index in [2.05, 4.69) is 0 Å². The van der Waals surface area contributed by atoms with Gasteiger partial charge in [0.05, 0.1) is 5.92 Å². The van der Waals surface area contributed by atoms with Crippen molar-refractivity contribution < 1.29 is 14.3 Å². The van der Waals surface area contributed by atoms with Crippen LogP contribution in [0.4, 0.5) is 4.39 Å². The smallest absolute Gasteiger partial charge is 0.309 e. The third-order valence-electron chi connectivity index (χ3n) is 3.62. The quantitative estimate of drug-likeness (QED) is 0.763. The van der Waals surface area contributed by atoms with Gasteiger partial charge in [-0.25, -0.2) is 4.39 Å². The lowest BCUT2D eigenvalue weighted by Crippen LogP contribution is -2.41. The van der Waals surface area contributed by atoms with Crippen molar-refractivity contribution in [1.82, 2.24) is 0 Å². The minimum absolute atomic E-state index is 0.0673. The number of halogens is 1. The van der Waals surface area contributed by atoms with E-state index in [1.54, 1.807) is 0 Å². The van der Waals surface area contributed by atoms with Gasteiger partial charge < -0.3 is 5.11 Å². The Kier molecular flexibility index (Phi) is 3.51. The Balaban J connectivity index is 2.66. The molecule has 3 heteroatoms. The van der Waals surface area contributed by atoms with E-state index in [1.807, 2.05) is 0 Å². The molecule has 0 aliphatic heterocycles. The molecule has 0 radical (unpaired) electrons. The molecule has 2 atom stereocenters. The summed E-state index contributed by atoms with van der Waals surface area (Å²) in [7, 11) is 0. The topological polar surface area (TPSA) is 37.3 Å². The summed E-state index contributed by atoms with van der Waals surface area (Å²) in [5.41, 5.74) is -1.55. The molecule has 2 unspecified atom stereocenters. The van der Waals surface area contributed by atoms with Crippen LogP contribution in [0.2, 0.25) is 0 Å². The number of carboxylic acid groups (broad SMARTS) is 1. The molecule has 0 saturated heterocycles. The average molecular weight is 202 g/mol. The molecule has 0 spiro atoms. The number of hydrogen-bond acceptors (Lipinski definition) is 1. The molecule has 2 nitrogen and oxygen atoms in total. The normalized spacial score (nSPS) is 25.4. The molecule has 0 amide bonds. The van der Waals surface area contributed by atoms with Crippen molar-refractivity contribution in [2.24, 2.45) is 11.8 Å². The van der Waals surface area contributed by atoms with Crippen molar-refractivity contribution >= 4 is 5.97 Å². The van der Waals surface area contributed by atoms with Gasteiger partial charge >= 0.3 is 5.97 Å². The van der Waals surface area contributed by atoms with Gasteiger partial charge in [0.25, 0.3) is 0 Å². The Morgan fingerprint density at radius 2 is 1.93 bits per heavy atom. The van der Waals surface area contributed by atoms with Gasteiger partial charge in [0.2, 0.25) is 0 Å². The molecule has 0 aromatic rings. The van der Waals surface area contributed by atoms with Crippen LogP contribution in [0.5, 0.6) is 0 Å². The summed E-state index contributed by atoms with van der Waals surface area (Å²) in [6.45, 7) is 2.92.